The second kappa shape index (κ2) is 5.70. The molecule has 1 rings (SSSR count). The zero-order chi connectivity index (χ0) is 11.3. The molecule has 0 bridgehead atoms. The van der Waals surface area contributed by atoms with Gasteiger partial charge in [0.15, 0.2) is 5.11 Å². The summed E-state index contributed by atoms with van der Waals surface area (Å²) in [6.45, 7) is 5.71. The summed E-state index contributed by atoms with van der Waals surface area (Å²) in [5, 5.41) is 11.3. The van der Waals surface area contributed by atoms with E-state index >= 15 is 0 Å². The van der Waals surface area contributed by atoms with Crippen molar-refractivity contribution >= 4 is 17.3 Å². The molecular weight excluding hydrogens is 208 g/mol. The van der Waals surface area contributed by atoms with Crippen molar-refractivity contribution in [2.75, 3.05) is 6.54 Å². The Balaban J connectivity index is 2.52. The minimum absolute atomic E-state index is 0.698. The third kappa shape index (κ3) is 3.51. The predicted octanol–water partition coefficient (Wildman–Crippen LogP) is 0.966. The lowest BCUT2D eigenvalue weighted by molar-refractivity contribution is 0.746. The normalized spacial score (nSPS) is 10.1. The Morgan fingerprint density at radius 1 is 1.47 bits per heavy atom. The molecule has 5 heteroatoms. The van der Waals surface area contributed by atoms with Gasteiger partial charge in [0.2, 0.25) is 0 Å². The van der Waals surface area contributed by atoms with Gasteiger partial charge in [0.05, 0.1) is 5.69 Å². The third-order valence-corrected chi connectivity index (χ3v) is 2.39. The van der Waals surface area contributed by atoms with E-state index in [9.17, 15) is 0 Å². The van der Waals surface area contributed by atoms with E-state index in [0.717, 1.165) is 25.2 Å². The molecule has 0 aromatic carbocycles. The van der Waals surface area contributed by atoms with E-state index in [2.05, 4.69) is 22.7 Å². The predicted molar refractivity (Wildman–Crippen MR) is 65.7 cm³/mol. The molecule has 0 saturated carbocycles. The molecule has 4 nitrogen and oxygen atoms in total. The molecule has 0 aliphatic carbocycles. The van der Waals surface area contributed by atoms with E-state index in [4.69, 9.17) is 12.2 Å². The van der Waals surface area contributed by atoms with E-state index < -0.39 is 0 Å². The van der Waals surface area contributed by atoms with Gasteiger partial charge in [-0.3, -0.25) is 4.68 Å². The van der Waals surface area contributed by atoms with Crippen molar-refractivity contribution in [3.63, 3.8) is 0 Å². The lowest BCUT2D eigenvalue weighted by atomic mass is 10.2. The number of nitrogens with one attached hydrogen (secondary N) is 2. The molecule has 0 spiro atoms. The highest BCUT2D eigenvalue weighted by atomic mass is 32.1. The number of aromatic nitrogens is 2. The summed E-state index contributed by atoms with van der Waals surface area (Å²) >= 11 is 5.09. The topological polar surface area (TPSA) is 41.9 Å². The van der Waals surface area contributed by atoms with Crippen molar-refractivity contribution in [3.05, 3.63) is 17.5 Å². The summed E-state index contributed by atoms with van der Waals surface area (Å²) in [6, 6.07) is 0. The number of rotatable bonds is 4. The van der Waals surface area contributed by atoms with Gasteiger partial charge in [-0.15, -0.1) is 0 Å². The first-order valence-corrected chi connectivity index (χ1v) is 5.61. The Kier molecular flexibility index (Phi) is 4.55. The van der Waals surface area contributed by atoms with Gasteiger partial charge < -0.3 is 10.6 Å². The molecule has 0 atom stereocenters. The van der Waals surface area contributed by atoms with Crippen LogP contribution in [-0.4, -0.2) is 21.4 Å². The Bertz CT molecular complexity index is 332. The Morgan fingerprint density at radius 2 is 2.20 bits per heavy atom. The minimum atomic E-state index is 0.698. The number of nitrogens with zero attached hydrogens (tertiary/aromatic N) is 2. The fourth-order valence-electron chi connectivity index (χ4n) is 1.43. The van der Waals surface area contributed by atoms with Crippen LogP contribution in [0.4, 0.5) is 0 Å². The van der Waals surface area contributed by atoms with Gasteiger partial charge in [-0.25, -0.2) is 0 Å². The molecule has 0 fully saturated rings. The van der Waals surface area contributed by atoms with Crippen molar-refractivity contribution < 1.29 is 0 Å². The summed E-state index contributed by atoms with van der Waals surface area (Å²) in [5.74, 6) is 0. The zero-order valence-electron chi connectivity index (χ0n) is 9.50. The lowest BCUT2D eigenvalue weighted by Crippen LogP contribution is -2.34. The molecule has 0 amide bonds. The molecule has 0 radical (unpaired) electrons. The summed E-state index contributed by atoms with van der Waals surface area (Å²) in [7, 11) is 1.94. The van der Waals surface area contributed by atoms with E-state index in [-0.39, 0.29) is 0 Å². The number of thiocarbonyl (C=S) groups is 1. The van der Waals surface area contributed by atoms with Crippen molar-refractivity contribution in [1.29, 1.82) is 0 Å². The van der Waals surface area contributed by atoms with Crippen molar-refractivity contribution in [1.82, 2.24) is 20.4 Å². The Labute approximate surface area is 96.1 Å². The van der Waals surface area contributed by atoms with Crippen LogP contribution in [0.1, 0.15) is 25.1 Å². The summed E-state index contributed by atoms with van der Waals surface area (Å²) in [5.41, 5.74) is 2.34. The molecule has 1 heterocycles. The van der Waals surface area contributed by atoms with Gasteiger partial charge in [-0.1, -0.05) is 6.92 Å². The monoisotopic (exact) mass is 226 g/mol. The fourth-order valence-corrected chi connectivity index (χ4v) is 1.64. The maximum absolute atomic E-state index is 5.09. The molecule has 0 aliphatic rings. The van der Waals surface area contributed by atoms with Gasteiger partial charge >= 0.3 is 0 Å². The van der Waals surface area contributed by atoms with Gasteiger partial charge in [0, 0.05) is 31.9 Å². The molecule has 1 aromatic rings. The number of aryl methyl sites for hydroxylation is 2. The Morgan fingerprint density at radius 3 is 2.80 bits per heavy atom. The molecule has 1 aromatic heterocycles. The van der Waals surface area contributed by atoms with Crippen LogP contribution >= 0.6 is 12.2 Å². The smallest absolute Gasteiger partial charge is 0.166 e. The van der Waals surface area contributed by atoms with Crippen molar-refractivity contribution in [2.45, 2.75) is 26.8 Å². The third-order valence-electron chi connectivity index (χ3n) is 2.10. The van der Waals surface area contributed by atoms with Crippen LogP contribution in [0.3, 0.4) is 0 Å². The van der Waals surface area contributed by atoms with Gasteiger partial charge in [-0.05, 0) is 25.6 Å². The quantitative estimate of drug-likeness (QED) is 0.751. The van der Waals surface area contributed by atoms with Crippen molar-refractivity contribution in [3.8, 4) is 0 Å². The van der Waals surface area contributed by atoms with E-state index in [1.165, 1.54) is 5.56 Å². The van der Waals surface area contributed by atoms with Crippen LogP contribution in [0.25, 0.3) is 0 Å². The van der Waals surface area contributed by atoms with Crippen molar-refractivity contribution in [2.24, 2.45) is 7.05 Å². The van der Waals surface area contributed by atoms with Crippen LogP contribution in [-0.2, 0) is 20.0 Å². The molecule has 0 aliphatic heterocycles. The summed E-state index contributed by atoms with van der Waals surface area (Å²) in [4.78, 5) is 0. The Hall–Kier alpha value is -1.10. The standard InChI is InChI=1S/C10H18N4S/c1-4-9-8(7-14(3)13-9)6-12-10(15)11-5-2/h7H,4-6H2,1-3H3,(H2,11,12,15). The molecule has 2 N–H and O–H groups in total. The van der Waals surface area contributed by atoms with Gasteiger partial charge in [0.1, 0.15) is 0 Å². The number of hydrogen-bond donors (Lipinski definition) is 2. The van der Waals surface area contributed by atoms with E-state index in [1.54, 1.807) is 0 Å². The minimum Gasteiger partial charge on any atom is -0.363 e. The second-order valence-corrected chi connectivity index (χ2v) is 3.75. The molecule has 15 heavy (non-hydrogen) atoms. The highest BCUT2D eigenvalue weighted by Crippen LogP contribution is 2.06. The van der Waals surface area contributed by atoms with E-state index in [1.807, 2.05) is 24.9 Å². The van der Waals surface area contributed by atoms with Crippen LogP contribution in [0, 0.1) is 0 Å². The fraction of sp³-hybridized carbons (Fsp3) is 0.600. The molecule has 0 saturated heterocycles. The van der Waals surface area contributed by atoms with Crippen LogP contribution in [0.5, 0.6) is 0 Å². The zero-order valence-corrected chi connectivity index (χ0v) is 10.3. The van der Waals surface area contributed by atoms with Crippen LogP contribution in [0.15, 0.2) is 6.20 Å². The van der Waals surface area contributed by atoms with Crippen LogP contribution in [0.2, 0.25) is 0 Å². The largest absolute Gasteiger partial charge is 0.363 e. The summed E-state index contributed by atoms with van der Waals surface area (Å²) < 4.78 is 1.84. The average molecular weight is 226 g/mol. The number of hydrogen-bond acceptors (Lipinski definition) is 2. The highest BCUT2D eigenvalue weighted by Gasteiger charge is 2.05. The maximum Gasteiger partial charge on any atom is 0.166 e. The first-order chi connectivity index (χ1) is 7.17. The van der Waals surface area contributed by atoms with E-state index in [0.29, 0.717) is 5.11 Å². The maximum atomic E-state index is 5.09. The lowest BCUT2D eigenvalue weighted by Gasteiger charge is -2.07. The second-order valence-electron chi connectivity index (χ2n) is 3.34. The average Bonchev–Trinajstić information content (AvgIpc) is 2.56. The SMILES string of the molecule is CCNC(=S)NCc1cn(C)nc1CC. The first kappa shape index (κ1) is 12.0. The highest BCUT2D eigenvalue weighted by molar-refractivity contribution is 7.80. The molecular formula is C10H18N4S. The van der Waals surface area contributed by atoms with Crippen LogP contribution < -0.4 is 10.6 Å². The molecule has 84 valence electrons. The first-order valence-electron chi connectivity index (χ1n) is 5.20. The van der Waals surface area contributed by atoms with Gasteiger partial charge in [-0.2, -0.15) is 5.10 Å². The molecule has 0 unspecified atom stereocenters. The van der Waals surface area contributed by atoms with Gasteiger partial charge in [0.25, 0.3) is 0 Å². The summed E-state index contributed by atoms with van der Waals surface area (Å²) in [6.07, 6.45) is 2.98.